The van der Waals surface area contributed by atoms with Crippen molar-refractivity contribution in [3.63, 3.8) is 0 Å². The van der Waals surface area contributed by atoms with Crippen LogP contribution in [-0.2, 0) is 4.74 Å². The van der Waals surface area contributed by atoms with Crippen LogP contribution in [0.1, 0.15) is 47.4 Å². The highest BCUT2D eigenvalue weighted by molar-refractivity contribution is 7.11. The minimum absolute atomic E-state index is 0.0456. The monoisotopic (exact) mass is 345 g/mol. The molecule has 24 heavy (non-hydrogen) atoms. The minimum atomic E-state index is -0.144. The van der Waals surface area contributed by atoms with Crippen molar-refractivity contribution in [1.82, 2.24) is 15.6 Å². The Kier molecular flexibility index (Phi) is 5.48. The Bertz CT molecular complexity index is 674. The summed E-state index contributed by atoms with van der Waals surface area (Å²) in [5.74, 6) is 0. The molecule has 3 atom stereocenters. The molecular weight excluding hydrogens is 322 g/mol. The molecule has 0 aliphatic carbocycles. The average Bonchev–Trinajstić information content (AvgIpc) is 3.02. The van der Waals surface area contributed by atoms with E-state index in [4.69, 9.17) is 4.74 Å². The Labute approximate surface area is 146 Å². The van der Waals surface area contributed by atoms with Crippen molar-refractivity contribution in [2.45, 2.75) is 44.9 Å². The van der Waals surface area contributed by atoms with Crippen LogP contribution in [0.5, 0.6) is 0 Å². The Morgan fingerprint density at radius 3 is 2.88 bits per heavy atom. The van der Waals surface area contributed by atoms with Gasteiger partial charge in [-0.15, -0.1) is 11.3 Å². The van der Waals surface area contributed by atoms with Gasteiger partial charge >= 0.3 is 6.03 Å². The SMILES string of the molecule is Cc1cnc([C@H](C)NC(=O)N[C@H]2CCO[C@@H](c3ccccc3)C2)s1. The van der Waals surface area contributed by atoms with Crippen molar-refractivity contribution in [3.8, 4) is 0 Å². The van der Waals surface area contributed by atoms with E-state index < -0.39 is 0 Å². The van der Waals surface area contributed by atoms with E-state index in [0.29, 0.717) is 6.61 Å². The maximum atomic E-state index is 12.3. The van der Waals surface area contributed by atoms with Crippen LogP contribution in [0.15, 0.2) is 36.5 Å². The van der Waals surface area contributed by atoms with Crippen molar-refractivity contribution in [2.75, 3.05) is 6.61 Å². The zero-order valence-corrected chi connectivity index (χ0v) is 14.8. The van der Waals surface area contributed by atoms with E-state index in [9.17, 15) is 4.79 Å². The number of nitrogens with zero attached hydrogens (tertiary/aromatic N) is 1. The molecule has 2 amide bonds. The largest absolute Gasteiger partial charge is 0.373 e. The van der Waals surface area contributed by atoms with Crippen molar-refractivity contribution < 1.29 is 9.53 Å². The second kappa shape index (κ2) is 7.77. The summed E-state index contributed by atoms with van der Waals surface area (Å²) in [5.41, 5.74) is 1.16. The second-order valence-corrected chi connectivity index (χ2v) is 7.41. The molecule has 0 spiro atoms. The van der Waals surface area contributed by atoms with Crippen LogP contribution >= 0.6 is 11.3 Å². The van der Waals surface area contributed by atoms with Gasteiger partial charge in [0.1, 0.15) is 5.01 Å². The standard InChI is InChI=1S/C18H23N3O2S/c1-12-11-19-17(24-12)13(2)20-18(22)21-15-8-9-23-16(10-15)14-6-4-3-5-7-14/h3-7,11,13,15-16H,8-10H2,1-2H3,(H2,20,21,22)/t13-,15-,16+/m0/s1. The fraction of sp³-hybridized carbons (Fsp3) is 0.444. The van der Waals surface area contributed by atoms with E-state index in [1.54, 1.807) is 11.3 Å². The molecule has 5 nitrogen and oxygen atoms in total. The van der Waals surface area contributed by atoms with Gasteiger partial charge in [0.05, 0.1) is 12.1 Å². The van der Waals surface area contributed by atoms with Crippen LogP contribution in [0.2, 0.25) is 0 Å². The van der Waals surface area contributed by atoms with E-state index in [0.717, 1.165) is 28.3 Å². The Morgan fingerprint density at radius 2 is 2.17 bits per heavy atom. The average molecular weight is 345 g/mol. The molecule has 1 aromatic heterocycles. The number of amides is 2. The summed E-state index contributed by atoms with van der Waals surface area (Å²) < 4.78 is 5.85. The first-order valence-corrected chi connectivity index (χ1v) is 9.09. The van der Waals surface area contributed by atoms with Crippen molar-refractivity contribution >= 4 is 17.4 Å². The number of aromatic nitrogens is 1. The summed E-state index contributed by atoms with van der Waals surface area (Å²) in [6.07, 6.45) is 3.51. The summed E-state index contributed by atoms with van der Waals surface area (Å²) in [4.78, 5) is 17.7. The third-order valence-corrected chi connectivity index (χ3v) is 5.24. The van der Waals surface area contributed by atoms with Gasteiger partial charge in [-0.2, -0.15) is 0 Å². The Morgan fingerprint density at radius 1 is 1.38 bits per heavy atom. The number of benzene rings is 1. The van der Waals surface area contributed by atoms with Gasteiger partial charge in [-0.1, -0.05) is 30.3 Å². The topological polar surface area (TPSA) is 63.2 Å². The van der Waals surface area contributed by atoms with E-state index in [1.165, 1.54) is 0 Å². The third-order valence-electron chi connectivity index (χ3n) is 4.15. The number of thiazole rings is 1. The van der Waals surface area contributed by atoms with Gasteiger partial charge in [0.15, 0.2) is 0 Å². The maximum Gasteiger partial charge on any atom is 0.315 e. The van der Waals surface area contributed by atoms with Crippen LogP contribution in [-0.4, -0.2) is 23.7 Å². The molecular formula is C18H23N3O2S. The van der Waals surface area contributed by atoms with Gasteiger partial charge in [0.25, 0.3) is 0 Å². The number of aryl methyl sites for hydroxylation is 1. The zero-order valence-electron chi connectivity index (χ0n) is 14.0. The van der Waals surface area contributed by atoms with Gasteiger partial charge in [-0.05, 0) is 32.3 Å². The molecule has 6 heteroatoms. The van der Waals surface area contributed by atoms with Crippen molar-refractivity contribution in [3.05, 3.63) is 52.0 Å². The number of hydrogen-bond acceptors (Lipinski definition) is 4. The predicted octanol–water partition coefficient (Wildman–Crippen LogP) is 3.73. The summed E-state index contributed by atoms with van der Waals surface area (Å²) >= 11 is 1.61. The summed E-state index contributed by atoms with van der Waals surface area (Å²) in [7, 11) is 0. The fourth-order valence-electron chi connectivity index (χ4n) is 2.89. The van der Waals surface area contributed by atoms with E-state index in [-0.39, 0.29) is 24.2 Å². The molecule has 2 N–H and O–H groups in total. The Hall–Kier alpha value is -1.92. The Balaban J connectivity index is 1.52. The lowest BCUT2D eigenvalue weighted by molar-refractivity contribution is 0.00222. The quantitative estimate of drug-likeness (QED) is 0.887. The number of carbonyl (C=O) groups excluding carboxylic acids is 1. The summed E-state index contributed by atoms with van der Waals surface area (Å²) in [6, 6.07) is 10.0. The first-order chi connectivity index (χ1) is 11.6. The fourth-order valence-corrected chi connectivity index (χ4v) is 3.66. The molecule has 1 fully saturated rings. The lowest BCUT2D eigenvalue weighted by Crippen LogP contribution is -2.45. The normalized spacial score (nSPS) is 21.9. The van der Waals surface area contributed by atoms with E-state index in [1.807, 2.05) is 38.2 Å². The molecule has 1 aliphatic heterocycles. The van der Waals surface area contributed by atoms with Gasteiger partial charge in [-0.25, -0.2) is 9.78 Å². The highest BCUT2D eigenvalue weighted by Crippen LogP contribution is 2.28. The smallest absolute Gasteiger partial charge is 0.315 e. The molecule has 1 aromatic carbocycles. The van der Waals surface area contributed by atoms with Crippen LogP contribution in [0.4, 0.5) is 4.79 Å². The minimum Gasteiger partial charge on any atom is -0.373 e. The number of nitrogens with one attached hydrogen (secondary N) is 2. The molecule has 0 unspecified atom stereocenters. The number of urea groups is 1. The molecule has 0 radical (unpaired) electrons. The first-order valence-electron chi connectivity index (χ1n) is 8.27. The lowest BCUT2D eigenvalue weighted by Gasteiger charge is -2.30. The van der Waals surface area contributed by atoms with Gasteiger partial charge in [0, 0.05) is 23.7 Å². The van der Waals surface area contributed by atoms with E-state index in [2.05, 4.69) is 27.8 Å². The number of hydrogen-bond donors (Lipinski definition) is 2. The van der Waals surface area contributed by atoms with Crippen LogP contribution in [0.25, 0.3) is 0 Å². The van der Waals surface area contributed by atoms with Crippen molar-refractivity contribution in [2.24, 2.45) is 0 Å². The second-order valence-electron chi connectivity index (χ2n) is 6.14. The number of rotatable bonds is 4. The zero-order chi connectivity index (χ0) is 16.9. The van der Waals surface area contributed by atoms with Gasteiger partial charge in [-0.3, -0.25) is 0 Å². The molecule has 128 valence electrons. The highest BCUT2D eigenvalue weighted by Gasteiger charge is 2.25. The number of ether oxygens (including phenoxy) is 1. The maximum absolute atomic E-state index is 12.3. The highest BCUT2D eigenvalue weighted by atomic mass is 32.1. The number of carbonyl (C=O) groups is 1. The van der Waals surface area contributed by atoms with E-state index >= 15 is 0 Å². The predicted molar refractivity (Wildman–Crippen MR) is 95.1 cm³/mol. The molecule has 3 rings (SSSR count). The molecule has 1 saturated heterocycles. The van der Waals surface area contributed by atoms with Crippen molar-refractivity contribution in [1.29, 1.82) is 0 Å². The first kappa shape index (κ1) is 16.9. The summed E-state index contributed by atoms with van der Waals surface area (Å²) in [6.45, 7) is 4.63. The third kappa shape index (κ3) is 4.33. The molecule has 1 aliphatic rings. The molecule has 2 heterocycles. The van der Waals surface area contributed by atoms with Crippen LogP contribution in [0.3, 0.4) is 0 Å². The lowest BCUT2D eigenvalue weighted by atomic mass is 9.97. The molecule has 0 bridgehead atoms. The molecule has 2 aromatic rings. The summed E-state index contributed by atoms with van der Waals surface area (Å²) in [5, 5.41) is 6.97. The van der Waals surface area contributed by atoms with Gasteiger partial charge < -0.3 is 15.4 Å². The molecule has 0 saturated carbocycles. The van der Waals surface area contributed by atoms with Crippen LogP contribution < -0.4 is 10.6 Å². The van der Waals surface area contributed by atoms with Gasteiger partial charge in [0.2, 0.25) is 0 Å². The van der Waals surface area contributed by atoms with Crippen LogP contribution in [0, 0.1) is 6.92 Å².